The van der Waals surface area contributed by atoms with Crippen LogP contribution in [-0.2, 0) is 0 Å². The van der Waals surface area contributed by atoms with Gasteiger partial charge in [-0.05, 0) is 31.6 Å². The van der Waals surface area contributed by atoms with Gasteiger partial charge in [-0.25, -0.2) is 9.97 Å². The van der Waals surface area contributed by atoms with Crippen molar-refractivity contribution in [3.63, 3.8) is 0 Å². The molecule has 1 amide bonds. The van der Waals surface area contributed by atoms with Crippen LogP contribution in [0.4, 0.5) is 0 Å². The molecular formula is C12H16ClN3O. The summed E-state index contributed by atoms with van der Waals surface area (Å²) in [4.78, 5) is 19.4. The lowest BCUT2D eigenvalue weighted by atomic mass is 9.89. The summed E-state index contributed by atoms with van der Waals surface area (Å²) < 4.78 is 0. The minimum absolute atomic E-state index is 0.0985. The molecule has 5 heteroatoms. The van der Waals surface area contributed by atoms with Gasteiger partial charge in [-0.2, -0.15) is 0 Å². The minimum Gasteiger partial charge on any atom is -0.352 e. The second-order valence-electron chi connectivity index (χ2n) is 4.46. The molecule has 1 heterocycles. The lowest BCUT2D eigenvalue weighted by Gasteiger charge is -2.24. The van der Waals surface area contributed by atoms with Gasteiger partial charge >= 0.3 is 0 Å². The summed E-state index contributed by atoms with van der Waals surface area (Å²) in [6, 6.07) is 0. The molecule has 0 unspecified atom stereocenters. The molecule has 17 heavy (non-hydrogen) atoms. The molecule has 0 radical (unpaired) electrons. The zero-order valence-electron chi connectivity index (χ0n) is 9.60. The Morgan fingerprint density at radius 3 is 2.59 bits per heavy atom. The molecule has 92 valence electrons. The minimum atomic E-state index is -0.0985. The molecule has 0 aromatic carbocycles. The van der Waals surface area contributed by atoms with Crippen LogP contribution < -0.4 is 5.32 Å². The van der Waals surface area contributed by atoms with E-state index in [-0.39, 0.29) is 5.91 Å². The zero-order valence-corrected chi connectivity index (χ0v) is 10.4. The van der Waals surface area contributed by atoms with E-state index in [0.717, 1.165) is 32.2 Å². The van der Waals surface area contributed by atoms with E-state index < -0.39 is 0 Å². The summed E-state index contributed by atoms with van der Waals surface area (Å²) in [6.07, 6.45) is 8.76. The Morgan fingerprint density at radius 1 is 1.29 bits per heavy atom. The number of nitrogens with zero attached hydrogens (tertiary/aromatic N) is 2. The lowest BCUT2D eigenvalue weighted by Crippen LogP contribution is -2.31. The van der Waals surface area contributed by atoms with Gasteiger partial charge in [0.25, 0.3) is 5.91 Å². The Bertz CT molecular complexity index is 363. The van der Waals surface area contributed by atoms with E-state index in [4.69, 9.17) is 11.6 Å². The van der Waals surface area contributed by atoms with Gasteiger partial charge in [-0.15, -0.1) is 11.6 Å². The number of amides is 1. The molecule has 1 aromatic rings. The van der Waals surface area contributed by atoms with Gasteiger partial charge < -0.3 is 5.32 Å². The number of aromatic nitrogens is 2. The largest absolute Gasteiger partial charge is 0.352 e. The maximum atomic E-state index is 11.7. The average molecular weight is 254 g/mol. The van der Waals surface area contributed by atoms with E-state index in [1.165, 1.54) is 18.7 Å². The highest BCUT2D eigenvalue weighted by atomic mass is 35.5. The predicted molar refractivity (Wildman–Crippen MR) is 66.0 cm³/mol. The van der Waals surface area contributed by atoms with Crippen LogP contribution in [0, 0.1) is 5.92 Å². The van der Waals surface area contributed by atoms with Gasteiger partial charge in [0.05, 0.1) is 5.56 Å². The fraction of sp³-hybridized carbons (Fsp3) is 0.583. The highest BCUT2D eigenvalue weighted by Gasteiger charge is 2.20. The number of rotatable bonds is 3. The summed E-state index contributed by atoms with van der Waals surface area (Å²) in [6.45, 7) is 0.720. The third-order valence-corrected chi connectivity index (χ3v) is 3.59. The topological polar surface area (TPSA) is 54.9 Å². The molecule has 2 rings (SSSR count). The van der Waals surface area contributed by atoms with E-state index in [1.807, 2.05) is 0 Å². The molecule has 0 bridgehead atoms. The van der Waals surface area contributed by atoms with Gasteiger partial charge in [-0.3, -0.25) is 4.79 Å². The monoisotopic (exact) mass is 253 g/mol. The molecule has 1 aliphatic carbocycles. The van der Waals surface area contributed by atoms with Crippen molar-refractivity contribution in [3.05, 3.63) is 24.3 Å². The Kier molecular flexibility index (Phi) is 4.31. The second kappa shape index (κ2) is 5.96. The zero-order chi connectivity index (χ0) is 12.1. The second-order valence-corrected chi connectivity index (χ2v) is 5.07. The van der Waals surface area contributed by atoms with E-state index >= 15 is 0 Å². The van der Waals surface area contributed by atoms with Gasteiger partial charge in [0.2, 0.25) is 0 Å². The van der Waals surface area contributed by atoms with Crippen LogP contribution >= 0.6 is 11.6 Å². The molecule has 1 aliphatic rings. The van der Waals surface area contributed by atoms with Crippen LogP contribution in [-0.4, -0.2) is 27.8 Å². The quantitative estimate of drug-likeness (QED) is 0.839. The normalized spacial score (nSPS) is 24.3. The van der Waals surface area contributed by atoms with Crippen LogP contribution in [0.3, 0.4) is 0 Å². The van der Waals surface area contributed by atoms with E-state index in [0.29, 0.717) is 16.9 Å². The van der Waals surface area contributed by atoms with Gasteiger partial charge in [0.15, 0.2) is 0 Å². The van der Waals surface area contributed by atoms with E-state index in [1.54, 1.807) is 0 Å². The maximum Gasteiger partial charge on any atom is 0.254 e. The Balaban J connectivity index is 1.77. The molecule has 1 saturated carbocycles. The first-order valence-electron chi connectivity index (χ1n) is 5.93. The SMILES string of the molecule is O=C(NCC1CCC(Cl)CC1)c1cncnc1. The Labute approximate surface area is 106 Å². The van der Waals surface area contributed by atoms with Crippen LogP contribution in [0.2, 0.25) is 0 Å². The first-order valence-corrected chi connectivity index (χ1v) is 6.36. The van der Waals surface area contributed by atoms with Gasteiger partial charge in [0.1, 0.15) is 6.33 Å². The van der Waals surface area contributed by atoms with E-state index in [2.05, 4.69) is 15.3 Å². The smallest absolute Gasteiger partial charge is 0.254 e. The molecule has 0 saturated heterocycles. The standard InChI is InChI=1S/C12H16ClN3O/c13-11-3-1-9(2-4-11)5-16-12(17)10-6-14-8-15-7-10/h6-9,11H,1-5H2,(H,16,17). The number of carbonyl (C=O) groups excluding carboxylic acids is 1. The average Bonchev–Trinajstić information content (AvgIpc) is 2.39. The van der Waals surface area contributed by atoms with Crippen molar-refractivity contribution < 1.29 is 4.79 Å². The fourth-order valence-corrected chi connectivity index (χ4v) is 2.33. The van der Waals surface area contributed by atoms with E-state index in [9.17, 15) is 4.79 Å². The predicted octanol–water partition coefficient (Wildman–Crippen LogP) is 2.00. The van der Waals surface area contributed by atoms with Crippen molar-refractivity contribution >= 4 is 17.5 Å². The molecular weight excluding hydrogens is 238 g/mol. The third kappa shape index (κ3) is 3.66. The first kappa shape index (κ1) is 12.3. The Morgan fingerprint density at radius 2 is 1.94 bits per heavy atom. The molecule has 1 N–H and O–H groups in total. The number of hydrogen-bond acceptors (Lipinski definition) is 3. The fourth-order valence-electron chi connectivity index (χ4n) is 2.08. The summed E-state index contributed by atoms with van der Waals surface area (Å²) >= 11 is 6.04. The maximum absolute atomic E-state index is 11.7. The first-order chi connectivity index (χ1) is 8.25. The number of hydrogen-bond donors (Lipinski definition) is 1. The van der Waals surface area contributed by atoms with Crippen LogP contribution in [0.25, 0.3) is 0 Å². The third-order valence-electron chi connectivity index (χ3n) is 3.15. The van der Waals surface area contributed by atoms with Crippen molar-refractivity contribution in [3.8, 4) is 0 Å². The van der Waals surface area contributed by atoms with Crippen molar-refractivity contribution in [2.45, 2.75) is 31.1 Å². The van der Waals surface area contributed by atoms with Gasteiger partial charge in [-0.1, -0.05) is 0 Å². The number of nitrogens with one attached hydrogen (secondary N) is 1. The lowest BCUT2D eigenvalue weighted by molar-refractivity contribution is 0.0943. The molecule has 1 aromatic heterocycles. The van der Waals surface area contributed by atoms with Crippen molar-refractivity contribution in [2.75, 3.05) is 6.54 Å². The molecule has 4 nitrogen and oxygen atoms in total. The van der Waals surface area contributed by atoms with Crippen molar-refractivity contribution in [1.82, 2.24) is 15.3 Å². The molecule has 0 atom stereocenters. The summed E-state index contributed by atoms with van der Waals surface area (Å²) in [5.41, 5.74) is 0.513. The highest BCUT2D eigenvalue weighted by Crippen LogP contribution is 2.26. The van der Waals surface area contributed by atoms with Crippen LogP contribution in [0.15, 0.2) is 18.7 Å². The molecule has 0 spiro atoms. The number of alkyl halides is 1. The molecule has 1 fully saturated rings. The van der Waals surface area contributed by atoms with Crippen LogP contribution in [0.5, 0.6) is 0 Å². The summed E-state index contributed by atoms with van der Waals surface area (Å²) in [7, 11) is 0. The summed E-state index contributed by atoms with van der Waals surface area (Å²) in [5, 5.41) is 3.25. The van der Waals surface area contributed by atoms with Gasteiger partial charge in [0, 0.05) is 24.3 Å². The number of halogens is 1. The van der Waals surface area contributed by atoms with Crippen molar-refractivity contribution in [1.29, 1.82) is 0 Å². The molecule has 0 aliphatic heterocycles. The highest BCUT2D eigenvalue weighted by molar-refractivity contribution is 6.20. The summed E-state index contributed by atoms with van der Waals surface area (Å²) in [5.74, 6) is 0.456. The van der Waals surface area contributed by atoms with Crippen molar-refractivity contribution in [2.24, 2.45) is 5.92 Å². The Hall–Kier alpha value is -1.16. The van der Waals surface area contributed by atoms with Crippen LogP contribution in [0.1, 0.15) is 36.0 Å². The number of carbonyl (C=O) groups is 1.